The minimum atomic E-state index is -0.994. The summed E-state index contributed by atoms with van der Waals surface area (Å²) in [7, 11) is 0. The number of aliphatic carboxylic acids is 1. The molecule has 0 fully saturated rings. The molecular formula is C10H20N2O3S2. The van der Waals surface area contributed by atoms with Crippen molar-refractivity contribution in [2.75, 3.05) is 24.0 Å². The van der Waals surface area contributed by atoms with Gasteiger partial charge in [0, 0.05) is 11.8 Å². The van der Waals surface area contributed by atoms with Crippen LogP contribution in [0.5, 0.6) is 0 Å². The summed E-state index contributed by atoms with van der Waals surface area (Å²) in [5.41, 5.74) is 0. The molecule has 0 bridgehead atoms. The van der Waals surface area contributed by atoms with Crippen LogP contribution in [0.4, 0.5) is 4.79 Å². The van der Waals surface area contributed by atoms with E-state index < -0.39 is 18.0 Å². The number of carboxylic acids is 1. The zero-order valence-electron chi connectivity index (χ0n) is 10.4. The Morgan fingerprint density at radius 2 is 1.88 bits per heavy atom. The molecule has 0 aromatic rings. The van der Waals surface area contributed by atoms with Crippen LogP contribution in [0.15, 0.2) is 0 Å². The first-order valence-corrected chi connectivity index (χ1v) is 8.07. The predicted octanol–water partition coefficient (Wildman–Crippen LogP) is 1.24. The molecule has 0 saturated heterocycles. The molecule has 2 atom stereocenters. The summed E-state index contributed by atoms with van der Waals surface area (Å²) < 4.78 is 0. The minimum Gasteiger partial charge on any atom is -0.480 e. The first-order valence-electron chi connectivity index (χ1n) is 5.29. The van der Waals surface area contributed by atoms with Crippen molar-refractivity contribution in [3.8, 4) is 0 Å². The molecule has 0 spiro atoms. The third kappa shape index (κ3) is 8.20. The highest BCUT2D eigenvalue weighted by atomic mass is 32.2. The van der Waals surface area contributed by atoms with Crippen molar-refractivity contribution < 1.29 is 14.7 Å². The summed E-state index contributed by atoms with van der Waals surface area (Å²) in [5, 5.41) is 14.1. The van der Waals surface area contributed by atoms with Crippen LogP contribution in [0.25, 0.3) is 0 Å². The van der Waals surface area contributed by atoms with Crippen LogP contribution in [-0.2, 0) is 4.79 Å². The zero-order chi connectivity index (χ0) is 13.3. The highest BCUT2D eigenvalue weighted by Gasteiger charge is 2.19. The summed E-state index contributed by atoms with van der Waals surface area (Å²) in [6.45, 7) is 1.88. The maximum absolute atomic E-state index is 11.5. The van der Waals surface area contributed by atoms with Crippen LogP contribution in [-0.4, -0.2) is 53.2 Å². The van der Waals surface area contributed by atoms with Gasteiger partial charge in [-0.2, -0.15) is 23.5 Å². The van der Waals surface area contributed by atoms with Crippen molar-refractivity contribution in [2.24, 2.45) is 0 Å². The van der Waals surface area contributed by atoms with E-state index in [0.29, 0.717) is 12.2 Å². The van der Waals surface area contributed by atoms with Crippen molar-refractivity contribution in [1.29, 1.82) is 0 Å². The molecule has 17 heavy (non-hydrogen) atoms. The molecule has 0 aromatic heterocycles. The quantitative estimate of drug-likeness (QED) is 0.623. The van der Waals surface area contributed by atoms with E-state index in [9.17, 15) is 9.59 Å². The van der Waals surface area contributed by atoms with Gasteiger partial charge in [-0.25, -0.2) is 9.59 Å². The standard InChI is InChI=1S/C10H20N2O3S2/c1-7(6-17-3)11-10(15)12-8(9(13)14)4-5-16-2/h7-8H,4-6H2,1-3H3,(H,13,14)(H2,11,12,15)/t7?,8-/m0/s1. The van der Waals surface area contributed by atoms with Gasteiger partial charge in [-0.3, -0.25) is 0 Å². The molecule has 0 saturated carbocycles. The van der Waals surface area contributed by atoms with E-state index in [0.717, 1.165) is 5.75 Å². The van der Waals surface area contributed by atoms with E-state index >= 15 is 0 Å². The first-order chi connectivity index (χ1) is 8.01. The molecule has 0 aliphatic carbocycles. The second kappa shape index (κ2) is 9.47. The Kier molecular flexibility index (Phi) is 9.16. The molecule has 0 radical (unpaired) electrons. The van der Waals surface area contributed by atoms with Gasteiger partial charge in [0.1, 0.15) is 6.04 Å². The van der Waals surface area contributed by atoms with Crippen LogP contribution in [0.3, 0.4) is 0 Å². The molecule has 2 amide bonds. The highest BCUT2D eigenvalue weighted by Crippen LogP contribution is 2.01. The van der Waals surface area contributed by atoms with Gasteiger partial charge in [0.2, 0.25) is 0 Å². The van der Waals surface area contributed by atoms with E-state index in [1.54, 1.807) is 23.5 Å². The van der Waals surface area contributed by atoms with E-state index in [-0.39, 0.29) is 6.04 Å². The summed E-state index contributed by atoms with van der Waals surface area (Å²) in [6.07, 6.45) is 4.29. The molecule has 0 aliphatic rings. The van der Waals surface area contributed by atoms with Crippen LogP contribution in [0.1, 0.15) is 13.3 Å². The van der Waals surface area contributed by atoms with E-state index in [1.807, 2.05) is 19.4 Å². The largest absolute Gasteiger partial charge is 0.480 e. The van der Waals surface area contributed by atoms with Crippen LogP contribution >= 0.6 is 23.5 Å². The van der Waals surface area contributed by atoms with Crippen molar-refractivity contribution in [2.45, 2.75) is 25.4 Å². The third-order valence-electron chi connectivity index (χ3n) is 2.01. The van der Waals surface area contributed by atoms with Crippen LogP contribution < -0.4 is 10.6 Å². The number of carbonyl (C=O) groups is 2. The molecule has 0 heterocycles. The molecule has 5 nitrogen and oxygen atoms in total. The summed E-state index contributed by atoms with van der Waals surface area (Å²) in [6, 6.07) is -1.20. The second-order valence-corrected chi connectivity index (χ2v) is 5.54. The zero-order valence-corrected chi connectivity index (χ0v) is 12.0. The van der Waals surface area contributed by atoms with Gasteiger partial charge in [-0.1, -0.05) is 0 Å². The minimum absolute atomic E-state index is 0.0278. The number of hydrogen-bond donors (Lipinski definition) is 3. The Hall–Kier alpha value is -0.560. The number of carboxylic acid groups (broad SMARTS) is 1. The fourth-order valence-corrected chi connectivity index (χ4v) is 2.26. The number of hydrogen-bond acceptors (Lipinski definition) is 4. The predicted molar refractivity (Wildman–Crippen MR) is 73.9 cm³/mol. The van der Waals surface area contributed by atoms with Crippen LogP contribution in [0.2, 0.25) is 0 Å². The van der Waals surface area contributed by atoms with Crippen LogP contribution in [0, 0.1) is 0 Å². The Bertz CT molecular complexity index is 252. The first kappa shape index (κ1) is 16.4. The van der Waals surface area contributed by atoms with Gasteiger partial charge in [0.25, 0.3) is 0 Å². The SMILES string of the molecule is CSCC[C@H](NC(=O)NC(C)CSC)C(=O)O. The lowest BCUT2D eigenvalue weighted by molar-refractivity contribution is -0.139. The second-order valence-electron chi connectivity index (χ2n) is 3.65. The van der Waals surface area contributed by atoms with Gasteiger partial charge in [0.15, 0.2) is 0 Å². The maximum atomic E-state index is 11.5. The molecular weight excluding hydrogens is 260 g/mol. The van der Waals surface area contributed by atoms with Crippen molar-refractivity contribution in [3.05, 3.63) is 0 Å². The molecule has 1 unspecified atom stereocenters. The molecule has 0 rings (SSSR count). The number of urea groups is 1. The number of nitrogens with one attached hydrogen (secondary N) is 2. The summed E-state index contributed by atoms with van der Waals surface area (Å²) in [4.78, 5) is 22.4. The Balaban J connectivity index is 4.07. The number of thioether (sulfide) groups is 2. The maximum Gasteiger partial charge on any atom is 0.326 e. The summed E-state index contributed by atoms with van der Waals surface area (Å²) in [5.74, 6) is 0.514. The van der Waals surface area contributed by atoms with Crippen molar-refractivity contribution in [3.63, 3.8) is 0 Å². The number of carbonyl (C=O) groups excluding carboxylic acids is 1. The Morgan fingerprint density at radius 3 is 2.35 bits per heavy atom. The van der Waals surface area contributed by atoms with Gasteiger partial charge in [-0.05, 0) is 31.6 Å². The smallest absolute Gasteiger partial charge is 0.326 e. The van der Waals surface area contributed by atoms with Crippen molar-refractivity contribution in [1.82, 2.24) is 10.6 Å². The lowest BCUT2D eigenvalue weighted by Crippen LogP contribution is -2.49. The fraction of sp³-hybridized carbons (Fsp3) is 0.800. The molecule has 100 valence electrons. The lowest BCUT2D eigenvalue weighted by atomic mass is 10.2. The van der Waals surface area contributed by atoms with Gasteiger partial charge in [0.05, 0.1) is 0 Å². The van der Waals surface area contributed by atoms with Gasteiger partial charge >= 0.3 is 12.0 Å². The average molecular weight is 280 g/mol. The van der Waals surface area contributed by atoms with Gasteiger partial charge in [-0.15, -0.1) is 0 Å². The topological polar surface area (TPSA) is 78.4 Å². The number of amides is 2. The fourth-order valence-electron chi connectivity index (χ4n) is 1.21. The van der Waals surface area contributed by atoms with Gasteiger partial charge < -0.3 is 15.7 Å². The molecule has 3 N–H and O–H groups in total. The van der Waals surface area contributed by atoms with E-state index in [4.69, 9.17) is 5.11 Å². The lowest BCUT2D eigenvalue weighted by Gasteiger charge is -2.17. The molecule has 7 heteroatoms. The average Bonchev–Trinajstić information content (AvgIpc) is 2.23. The monoisotopic (exact) mass is 280 g/mol. The van der Waals surface area contributed by atoms with E-state index in [2.05, 4.69) is 10.6 Å². The molecule has 0 aliphatic heterocycles. The molecule has 0 aromatic carbocycles. The highest BCUT2D eigenvalue weighted by molar-refractivity contribution is 7.98. The third-order valence-corrected chi connectivity index (χ3v) is 3.49. The normalized spacial score (nSPS) is 13.8. The Labute approximate surface area is 110 Å². The summed E-state index contributed by atoms with van der Waals surface area (Å²) >= 11 is 3.19. The number of rotatable bonds is 8. The van der Waals surface area contributed by atoms with E-state index in [1.165, 1.54) is 0 Å². The van der Waals surface area contributed by atoms with Crippen molar-refractivity contribution >= 4 is 35.5 Å². The Morgan fingerprint density at radius 1 is 1.24 bits per heavy atom.